The molecule has 0 aliphatic carbocycles. The molecule has 0 aromatic heterocycles. The van der Waals surface area contributed by atoms with E-state index in [9.17, 15) is 15.3 Å². The molecule has 84 valence electrons. The Morgan fingerprint density at radius 3 is 0.538 bits per heavy atom. The molecule has 0 heterocycles. The summed E-state index contributed by atoms with van der Waals surface area (Å²) in [5, 5.41) is 28.6. The van der Waals surface area contributed by atoms with Crippen molar-refractivity contribution in [3.8, 4) is 0 Å². The molecule has 13 heavy (non-hydrogen) atoms. The van der Waals surface area contributed by atoms with Gasteiger partial charge >= 0.3 is 20.1 Å². The molecule has 0 saturated heterocycles. The summed E-state index contributed by atoms with van der Waals surface area (Å²) < 4.78 is 0. The average Bonchev–Trinajstić information content (AvgIpc) is 1.54. The summed E-state index contributed by atoms with van der Waals surface area (Å²) >= 11 is 0. The van der Waals surface area contributed by atoms with Crippen molar-refractivity contribution < 1.29 is 35.4 Å². The zero-order valence-electron chi connectivity index (χ0n) is 9.29. The number of hydrogen-bond acceptors (Lipinski definition) is 3. The van der Waals surface area contributed by atoms with Gasteiger partial charge in [-0.25, -0.2) is 0 Å². The normalized spacial score (nSPS) is 8.31. The Labute approximate surface area is 95.5 Å². The van der Waals surface area contributed by atoms with Crippen molar-refractivity contribution in [1.82, 2.24) is 0 Å². The van der Waals surface area contributed by atoms with E-state index in [0.29, 0.717) is 0 Å². The molecule has 3 nitrogen and oxygen atoms in total. The van der Waals surface area contributed by atoms with Gasteiger partial charge in [-0.15, -0.1) is 18.3 Å². The predicted octanol–water partition coefficient (Wildman–Crippen LogP) is -0.737. The average molecular weight is 369 g/mol. The quantitative estimate of drug-likeness (QED) is 0.565. The third-order valence-electron chi connectivity index (χ3n) is 0. The first-order chi connectivity index (χ1) is 5.20. The van der Waals surface area contributed by atoms with Crippen molar-refractivity contribution in [3.63, 3.8) is 0 Å². The minimum absolute atomic E-state index is 0. The Hall–Kier alpha value is 0.529. The topological polar surface area (TPSA) is 69.2 Å². The van der Waals surface area contributed by atoms with Crippen LogP contribution < -0.4 is 15.3 Å². The van der Waals surface area contributed by atoms with Gasteiger partial charge in [-0.05, 0) is 0 Å². The van der Waals surface area contributed by atoms with Gasteiger partial charge in [-0.3, -0.25) is 0 Å². The third kappa shape index (κ3) is 4960. The molecule has 0 saturated carbocycles. The van der Waals surface area contributed by atoms with E-state index in [0.717, 1.165) is 0 Å². The smallest absolute Gasteiger partial charge is 0.852 e. The summed E-state index contributed by atoms with van der Waals surface area (Å²) in [7, 11) is 0. The third-order valence-corrected chi connectivity index (χ3v) is 0. The molecule has 0 bridgehead atoms. The maximum Gasteiger partial charge on any atom is 3.00 e. The van der Waals surface area contributed by atoms with Gasteiger partial charge in [0.25, 0.3) is 0 Å². The number of rotatable bonds is 0. The molecule has 0 spiro atoms. The Balaban J connectivity index is -0.0000000450. The van der Waals surface area contributed by atoms with E-state index in [2.05, 4.69) is 0 Å². The Bertz CT molecular complexity index is 43.4. The summed E-state index contributed by atoms with van der Waals surface area (Å²) in [6.07, 6.45) is -1.25. The van der Waals surface area contributed by atoms with Gasteiger partial charge in [0.05, 0.1) is 0 Å². The fourth-order valence-corrected chi connectivity index (χ4v) is 0. The molecule has 0 aliphatic heterocycles. The van der Waals surface area contributed by atoms with Gasteiger partial charge in [0.2, 0.25) is 0 Å². The van der Waals surface area contributed by atoms with Crippen LogP contribution in [0.3, 0.4) is 0 Å². The van der Waals surface area contributed by atoms with Crippen molar-refractivity contribution in [2.45, 2.75) is 59.9 Å². The van der Waals surface area contributed by atoms with Crippen LogP contribution in [0, 0.1) is 0 Å². The first-order valence-electron chi connectivity index (χ1n) is 4.17. The Morgan fingerprint density at radius 2 is 0.538 bits per heavy atom. The monoisotopic (exact) mass is 370 g/mol. The molecule has 0 amide bonds. The molecule has 0 radical (unpaired) electrons. The molecule has 0 aromatic rings. The molecule has 0 unspecified atom stereocenters. The molecule has 4 heteroatoms. The van der Waals surface area contributed by atoms with Gasteiger partial charge < -0.3 is 15.3 Å². The van der Waals surface area contributed by atoms with Crippen molar-refractivity contribution in [2.24, 2.45) is 0 Å². The first-order valence-corrected chi connectivity index (χ1v) is 4.17. The van der Waals surface area contributed by atoms with Gasteiger partial charge in [0.15, 0.2) is 0 Å². The fourth-order valence-electron chi connectivity index (χ4n) is 0. The van der Waals surface area contributed by atoms with Gasteiger partial charge in [-0.1, -0.05) is 41.5 Å². The van der Waals surface area contributed by atoms with E-state index in [1.807, 2.05) is 0 Å². The van der Waals surface area contributed by atoms with Crippen LogP contribution >= 0.6 is 0 Å². The molecule has 0 fully saturated rings. The second-order valence-corrected chi connectivity index (χ2v) is 3.15. The van der Waals surface area contributed by atoms with E-state index in [4.69, 9.17) is 0 Å². The van der Waals surface area contributed by atoms with Crippen LogP contribution in [0.2, 0.25) is 0 Å². The first kappa shape index (κ1) is 23.4. The summed E-state index contributed by atoms with van der Waals surface area (Å²) in [5.41, 5.74) is 0. The van der Waals surface area contributed by atoms with Crippen LogP contribution in [0.15, 0.2) is 0 Å². The van der Waals surface area contributed by atoms with E-state index < -0.39 is 18.3 Å². The SMILES string of the molecule is CC(C)[O-].CC(C)[O-].CC(C)[O-].[Ir+3]. The molecule has 0 aliphatic rings. The summed E-state index contributed by atoms with van der Waals surface area (Å²) in [5.74, 6) is 0. The standard InChI is InChI=1S/3C3H7O.Ir/c3*1-3(2)4;/h3*3H,1-2H3;/q3*-1;+3. The van der Waals surface area contributed by atoms with Crippen molar-refractivity contribution >= 4 is 0 Å². The van der Waals surface area contributed by atoms with Crippen LogP contribution in [0.1, 0.15) is 41.5 Å². The minimum Gasteiger partial charge on any atom is -0.852 e. The van der Waals surface area contributed by atoms with Gasteiger partial charge in [-0.2, -0.15) is 0 Å². The van der Waals surface area contributed by atoms with Crippen molar-refractivity contribution in [3.05, 3.63) is 0 Å². The van der Waals surface area contributed by atoms with Crippen LogP contribution in [0.4, 0.5) is 0 Å². The zero-order valence-corrected chi connectivity index (χ0v) is 11.7. The minimum atomic E-state index is -0.417. The van der Waals surface area contributed by atoms with Crippen molar-refractivity contribution in [2.75, 3.05) is 0 Å². The molecular formula is C9H21IrO3. The van der Waals surface area contributed by atoms with Gasteiger partial charge in [0.1, 0.15) is 0 Å². The largest absolute Gasteiger partial charge is 3.00 e. The summed E-state index contributed by atoms with van der Waals surface area (Å²) in [6, 6.07) is 0. The zero-order chi connectivity index (χ0) is 10.7. The fraction of sp³-hybridized carbons (Fsp3) is 1.00. The van der Waals surface area contributed by atoms with E-state index in [-0.39, 0.29) is 20.1 Å². The molecule has 0 atom stereocenters. The molecule has 0 N–H and O–H groups in total. The summed E-state index contributed by atoms with van der Waals surface area (Å²) in [4.78, 5) is 0. The predicted molar refractivity (Wildman–Crippen MR) is 45.4 cm³/mol. The second kappa shape index (κ2) is 18.3. The summed E-state index contributed by atoms with van der Waals surface area (Å²) in [6.45, 7) is 9.67. The van der Waals surface area contributed by atoms with E-state index in [1.165, 1.54) is 0 Å². The number of hydrogen-bond donors (Lipinski definition) is 0. The van der Waals surface area contributed by atoms with Crippen LogP contribution in [-0.4, -0.2) is 18.3 Å². The van der Waals surface area contributed by atoms with Crippen LogP contribution in [0.25, 0.3) is 0 Å². The Morgan fingerprint density at radius 1 is 0.538 bits per heavy atom. The van der Waals surface area contributed by atoms with Gasteiger partial charge in [0, 0.05) is 0 Å². The second-order valence-electron chi connectivity index (χ2n) is 3.15. The van der Waals surface area contributed by atoms with Crippen molar-refractivity contribution in [1.29, 1.82) is 0 Å². The van der Waals surface area contributed by atoms with Crippen LogP contribution in [0.5, 0.6) is 0 Å². The maximum atomic E-state index is 9.53. The van der Waals surface area contributed by atoms with E-state index >= 15 is 0 Å². The van der Waals surface area contributed by atoms with E-state index in [1.54, 1.807) is 41.5 Å². The Kier molecular flexibility index (Phi) is 33.0. The molecule has 0 aromatic carbocycles. The maximum absolute atomic E-state index is 9.53. The molecular weight excluding hydrogens is 348 g/mol. The molecule has 0 rings (SSSR count). The van der Waals surface area contributed by atoms with Crippen LogP contribution in [-0.2, 0) is 20.1 Å².